The molecular formula is C35H40F3NO3. The number of anilines is 1. The highest BCUT2D eigenvalue weighted by Crippen LogP contribution is 2.70. The lowest BCUT2D eigenvalue weighted by atomic mass is 9.47. The summed E-state index contributed by atoms with van der Waals surface area (Å²) < 4.78 is 45.9. The normalized spacial score (nSPS) is 34.3. The first kappa shape index (κ1) is 29.2. The van der Waals surface area contributed by atoms with E-state index in [2.05, 4.69) is 42.0 Å². The molecule has 1 aliphatic heterocycles. The first-order chi connectivity index (χ1) is 20.0. The molecule has 0 amide bonds. The lowest BCUT2D eigenvalue weighted by Crippen LogP contribution is -2.52. The maximum atomic E-state index is 13.8. The van der Waals surface area contributed by atoms with Crippen LogP contribution in [0.15, 0.2) is 47.1 Å². The van der Waals surface area contributed by atoms with Crippen LogP contribution in [-0.2, 0) is 14.3 Å². The molecule has 0 bridgehead atoms. The van der Waals surface area contributed by atoms with Crippen LogP contribution in [0.1, 0.15) is 76.7 Å². The number of allylic oxidation sites excluding steroid dienone is 4. The third kappa shape index (κ3) is 4.75. The number of alkyl halides is 3. The van der Waals surface area contributed by atoms with Gasteiger partial charge < -0.3 is 9.64 Å². The van der Waals surface area contributed by atoms with Crippen LogP contribution in [0.2, 0.25) is 0 Å². The van der Waals surface area contributed by atoms with Crippen LogP contribution in [0.3, 0.4) is 0 Å². The number of methoxy groups -OCH3 is 1. The van der Waals surface area contributed by atoms with Crippen LogP contribution in [0.5, 0.6) is 0 Å². The van der Waals surface area contributed by atoms with E-state index in [0.717, 1.165) is 30.6 Å². The number of fused-ring (bicyclic) bond motifs is 4. The molecule has 4 nitrogen and oxygen atoms in total. The Labute approximate surface area is 246 Å². The number of rotatable bonds is 5. The van der Waals surface area contributed by atoms with E-state index in [1.54, 1.807) is 0 Å². The number of benzene rings is 1. The van der Waals surface area contributed by atoms with E-state index in [1.807, 2.05) is 13.0 Å². The maximum absolute atomic E-state index is 13.8. The van der Waals surface area contributed by atoms with Crippen LogP contribution < -0.4 is 4.90 Å². The van der Waals surface area contributed by atoms with Crippen molar-refractivity contribution in [2.24, 2.45) is 28.6 Å². The van der Waals surface area contributed by atoms with Gasteiger partial charge >= 0.3 is 6.18 Å². The van der Waals surface area contributed by atoms with E-state index in [9.17, 15) is 22.8 Å². The first-order valence-electron chi connectivity index (χ1n) is 15.4. The minimum Gasteiger partial charge on any atom is -0.377 e. The lowest BCUT2D eigenvalue weighted by molar-refractivity contribution is -0.137. The molecule has 1 aromatic carbocycles. The molecule has 0 aromatic heterocycles. The third-order valence-electron chi connectivity index (χ3n) is 11.2. The maximum Gasteiger partial charge on any atom is 0.457 e. The Morgan fingerprint density at radius 2 is 1.86 bits per heavy atom. The minimum absolute atomic E-state index is 0.0186. The van der Waals surface area contributed by atoms with Crippen molar-refractivity contribution in [3.05, 3.63) is 52.6 Å². The fraction of sp³-hybridized carbons (Fsp3) is 0.600. The number of hydrogen-bond acceptors (Lipinski definition) is 4. The average Bonchev–Trinajstić information content (AvgIpc) is 3.59. The van der Waals surface area contributed by atoms with Crippen LogP contribution in [0, 0.1) is 40.4 Å². The van der Waals surface area contributed by atoms with Crippen LogP contribution >= 0.6 is 0 Å². The van der Waals surface area contributed by atoms with Gasteiger partial charge in [0.05, 0.1) is 5.41 Å². The molecule has 1 saturated heterocycles. The van der Waals surface area contributed by atoms with Crippen molar-refractivity contribution in [1.82, 2.24) is 0 Å². The van der Waals surface area contributed by atoms with Gasteiger partial charge in [-0.1, -0.05) is 37.5 Å². The Morgan fingerprint density at radius 1 is 1.14 bits per heavy atom. The van der Waals surface area contributed by atoms with E-state index in [4.69, 9.17) is 4.74 Å². The van der Waals surface area contributed by atoms with Crippen LogP contribution in [-0.4, -0.2) is 44.5 Å². The van der Waals surface area contributed by atoms with E-state index >= 15 is 0 Å². The largest absolute Gasteiger partial charge is 0.457 e. The van der Waals surface area contributed by atoms with Crippen LogP contribution in [0.4, 0.5) is 18.9 Å². The lowest BCUT2D eigenvalue weighted by Gasteiger charge is -2.55. The number of carbonyl (C=O) groups excluding carboxylic acids is 2. The number of nitrogens with zero attached hydrogens (tertiary/aromatic N) is 1. The topological polar surface area (TPSA) is 46.6 Å². The molecule has 4 aliphatic carbocycles. The second kappa shape index (κ2) is 10.7. The van der Waals surface area contributed by atoms with Gasteiger partial charge in [-0.15, -0.1) is 0 Å². The van der Waals surface area contributed by atoms with Crippen molar-refractivity contribution < 1.29 is 27.5 Å². The fourth-order valence-corrected chi connectivity index (χ4v) is 9.34. The van der Waals surface area contributed by atoms with Gasteiger partial charge in [0.15, 0.2) is 11.6 Å². The number of ketones is 2. The summed E-state index contributed by atoms with van der Waals surface area (Å²) >= 11 is 0. The Bertz CT molecular complexity index is 1390. The van der Waals surface area contributed by atoms with Gasteiger partial charge in [0.2, 0.25) is 0 Å². The van der Waals surface area contributed by atoms with Crippen molar-refractivity contribution >= 4 is 17.3 Å². The molecule has 0 radical (unpaired) electrons. The summed E-state index contributed by atoms with van der Waals surface area (Å²) in [6, 6.07) is 8.70. The summed E-state index contributed by atoms with van der Waals surface area (Å²) in [6.07, 6.45) is 3.01. The van der Waals surface area contributed by atoms with Crippen LogP contribution in [0.25, 0.3) is 0 Å². The molecule has 3 fully saturated rings. The fourth-order valence-electron chi connectivity index (χ4n) is 9.34. The number of Topliss-reactive ketones (excluding diaryl/α,β-unsaturated/α-hetero) is 1. The molecule has 224 valence electrons. The highest BCUT2D eigenvalue weighted by atomic mass is 19.4. The molecule has 1 heterocycles. The third-order valence-corrected chi connectivity index (χ3v) is 11.2. The van der Waals surface area contributed by atoms with Crippen molar-refractivity contribution in [3.8, 4) is 11.8 Å². The van der Waals surface area contributed by atoms with E-state index in [1.165, 1.54) is 42.7 Å². The van der Waals surface area contributed by atoms with E-state index in [0.29, 0.717) is 32.1 Å². The number of hydrogen-bond donors (Lipinski definition) is 0. The van der Waals surface area contributed by atoms with Gasteiger partial charge in [-0.25, -0.2) is 0 Å². The first-order valence-corrected chi connectivity index (χ1v) is 15.4. The summed E-state index contributed by atoms with van der Waals surface area (Å²) in [7, 11) is 1.41. The predicted octanol–water partition coefficient (Wildman–Crippen LogP) is 7.20. The van der Waals surface area contributed by atoms with Gasteiger partial charge in [-0.2, -0.15) is 13.2 Å². The van der Waals surface area contributed by atoms with Crippen molar-refractivity contribution in [3.63, 3.8) is 0 Å². The SMILES string of the molecule is COCC(=O)[C@@]1(C#CC(F)(F)F)CC[C@H]2[C@@H]3CC(C)C4=CC(=O)CCC4=C3[C@@H](c3ccc(N4CCCC4)cc3)C[C@@]21C. The van der Waals surface area contributed by atoms with Crippen molar-refractivity contribution in [1.29, 1.82) is 0 Å². The standard InChI is InChI=1S/C35H40F3NO3/c1-22-18-28-30-12-13-34(31(41)21-42-3,14-15-35(36,37)38)33(30,2)20-29(32(28)26-11-10-25(40)19-27(22)26)23-6-8-24(9-7-23)39-16-4-5-17-39/h6-9,19,22,28-30H,4-5,10-13,16-18,20-21H2,1-3H3/t22?,28-,29+,30-,33-,34-/m0/s1. The summed E-state index contributed by atoms with van der Waals surface area (Å²) in [5.74, 6) is 4.16. The summed E-state index contributed by atoms with van der Waals surface area (Å²) in [5.41, 5.74) is 3.87. The van der Waals surface area contributed by atoms with Crippen molar-refractivity contribution in [2.75, 3.05) is 31.7 Å². The Balaban J connectivity index is 1.51. The molecule has 5 aliphatic rings. The zero-order valence-corrected chi connectivity index (χ0v) is 24.8. The smallest absolute Gasteiger partial charge is 0.377 e. The molecular weight excluding hydrogens is 539 g/mol. The molecule has 6 atom stereocenters. The molecule has 7 heteroatoms. The Kier molecular flexibility index (Phi) is 7.45. The quantitative estimate of drug-likeness (QED) is 0.346. The summed E-state index contributed by atoms with van der Waals surface area (Å²) in [4.78, 5) is 28.7. The number of halogens is 3. The van der Waals surface area contributed by atoms with Crippen molar-refractivity contribution in [2.45, 2.75) is 77.3 Å². The predicted molar refractivity (Wildman–Crippen MR) is 156 cm³/mol. The van der Waals surface area contributed by atoms with Gasteiger partial charge in [0.1, 0.15) is 6.61 Å². The average molecular weight is 580 g/mol. The van der Waals surface area contributed by atoms with E-state index in [-0.39, 0.29) is 41.8 Å². The summed E-state index contributed by atoms with van der Waals surface area (Å²) in [6.45, 7) is 6.02. The van der Waals surface area contributed by atoms with Gasteiger partial charge in [0.25, 0.3) is 0 Å². The molecule has 1 aromatic rings. The molecule has 1 unspecified atom stereocenters. The van der Waals surface area contributed by atoms with E-state index < -0.39 is 17.0 Å². The van der Waals surface area contributed by atoms with Gasteiger partial charge in [0, 0.05) is 44.1 Å². The highest BCUT2D eigenvalue weighted by molar-refractivity contribution is 5.93. The molecule has 6 rings (SSSR count). The molecule has 0 N–H and O–H groups in total. The molecule has 0 spiro atoms. The molecule has 42 heavy (non-hydrogen) atoms. The number of ether oxygens (including phenoxy) is 1. The summed E-state index contributed by atoms with van der Waals surface area (Å²) in [5, 5.41) is 0. The Hall–Kier alpha value is -2.85. The Morgan fingerprint density at radius 3 is 2.52 bits per heavy atom. The monoisotopic (exact) mass is 579 g/mol. The minimum atomic E-state index is -4.69. The second-order valence-electron chi connectivity index (χ2n) is 13.4. The van der Waals surface area contributed by atoms with Gasteiger partial charge in [-0.3, -0.25) is 9.59 Å². The highest BCUT2D eigenvalue weighted by Gasteiger charge is 2.66. The second-order valence-corrected chi connectivity index (χ2v) is 13.4. The number of carbonyl (C=O) groups is 2. The van der Waals surface area contributed by atoms with Gasteiger partial charge in [-0.05, 0) is 103 Å². The molecule has 2 saturated carbocycles. The zero-order chi connectivity index (χ0) is 29.9. The zero-order valence-electron chi connectivity index (χ0n) is 24.8.